The van der Waals surface area contributed by atoms with Crippen molar-refractivity contribution in [3.8, 4) is 0 Å². The number of carboxylic acid groups (broad SMARTS) is 2. The lowest BCUT2D eigenvalue weighted by Crippen LogP contribution is -2.06. The van der Waals surface area contributed by atoms with Crippen molar-refractivity contribution in [2.45, 2.75) is 84.0 Å². The van der Waals surface area contributed by atoms with Gasteiger partial charge in [0, 0.05) is 12.8 Å². The Labute approximate surface area is 146 Å². The van der Waals surface area contributed by atoms with E-state index >= 15 is 0 Å². The van der Waals surface area contributed by atoms with Crippen LogP contribution in [0, 0.1) is 5.92 Å². The van der Waals surface area contributed by atoms with Crippen molar-refractivity contribution >= 4 is 36.8 Å². The van der Waals surface area contributed by atoms with Crippen molar-refractivity contribution in [2.24, 2.45) is 5.92 Å². The summed E-state index contributed by atoms with van der Waals surface area (Å²) in [4.78, 5) is 21.0. The zero-order valence-corrected chi connectivity index (χ0v) is 15.2. The minimum absolute atomic E-state index is 0. The van der Waals surface area contributed by atoms with Gasteiger partial charge in [-0.25, -0.2) is 0 Å². The van der Waals surface area contributed by atoms with Gasteiger partial charge in [0.25, 0.3) is 0 Å². The van der Waals surface area contributed by atoms with Crippen LogP contribution in [0.5, 0.6) is 0 Å². The molecule has 1 unspecified atom stereocenters. The number of halogens is 2. The molecule has 0 aliphatic carbocycles. The summed E-state index contributed by atoms with van der Waals surface area (Å²) in [6.07, 6.45) is 11.4. The van der Waals surface area contributed by atoms with Crippen LogP contribution in [0.2, 0.25) is 0 Å². The Hall–Kier alpha value is -0.480. The molecule has 0 bridgehead atoms. The van der Waals surface area contributed by atoms with Gasteiger partial charge >= 0.3 is 11.9 Å². The number of rotatable bonds is 14. The third kappa shape index (κ3) is 19.5. The van der Waals surface area contributed by atoms with Gasteiger partial charge in [-0.2, -0.15) is 0 Å². The Morgan fingerprint density at radius 2 is 1.23 bits per heavy atom. The quantitative estimate of drug-likeness (QED) is 0.412. The average molecular weight is 359 g/mol. The van der Waals surface area contributed by atoms with Gasteiger partial charge in [-0.3, -0.25) is 9.59 Å². The maximum atomic E-state index is 10.6. The molecule has 4 nitrogen and oxygen atoms in total. The molecule has 2 N–H and O–H groups in total. The molecule has 0 fully saturated rings. The van der Waals surface area contributed by atoms with E-state index < -0.39 is 11.9 Å². The SMILES string of the molecule is CCC(CCCCCCCCCCC(=O)O)CC(=O)O.Cl.Cl. The van der Waals surface area contributed by atoms with E-state index in [1.54, 1.807) is 0 Å². The minimum Gasteiger partial charge on any atom is -0.481 e. The van der Waals surface area contributed by atoms with E-state index in [2.05, 4.69) is 6.92 Å². The monoisotopic (exact) mass is 358 g/mol. The third-order valence-corrected chi connectivity index (χ3v) is 3.79. The molecular weight excluding hydrogens is 327 g/mol. The van der Waals surface area contributed by atoms with E-state index in [-0.39, 0.29) is 24.8 Å². The van der Waals surface area contributed by atoms with Gasteiger partial charge in [0.15, 0.2) is 0 Å². The van der Waals surface area contributed by atoms with Gasteiger partial charge in [0.2, 0.25) is 0 Å². The summed E-state index contributed by atoms with van der Waals surface area (Å²) in [7, 11) is 0. The van der Waals surface area contributed by atoms with Gasteiger partial charge in [-0.05, 0) is 18.8 Å². The zero-order chi connectivity index (χ0) is 15.2. The van der Waals surface area contributed by atoms with Crippen molar-refractivity contribution in [1.29, 1.82) is 0 Å². The van der Waals surface area contributed by atoms with E-state index in [0.717, 1.165) is 38.5 Å². The minimum atomic E-state index is -0.697. The maximum Gasteiger partial charge on any atom is 0.303 e. The fourth-order valence-corrected chi connectivity index (χ4v) is 2.47. The van der Waals surface area contributed by atoms with Crippen molar-refractivity contribution in [2.75, 3.05) is 0 Å². The van der Waals surface area contributed by atoms with E-state index in [1.165, 1.54) is 25.7 Å². The van der Waals surface area contributed by atoms with Crippen LogP contribution < -0.4 is 0 Å². The molecule has 134 valence electrons. The fraction of sp³-hybridized carbons (Fsp3) is 0.875. The van der Waals surface area contributed by atoms with E-state index in [4.69, 9.17) is 10.2 Å². The summed E-state index contributed by atoms with van der Waals surface area (Å²) >= 11 is 0. The molecule has 0 aliphatic rings. The summed E-state index contributed by atoms with van der Waals surface area (Å²) < 4.78 is 0. The highest BCUT2D eigenvalue weighted by Crippen LogP contribution is 2.18. The third-order valence-electron chi connectivity index (χ3n) is 3.79. The van der Waals surface area contributed by atoms with Crippen LogP contribution >= 0.6 is 24.8 Å². The van der Waals surface area contributed by atoms with Crippen LogP contribution in [-0.2, 0) is 9.59 Å². The van der Waals surface area contributed by atoms with Gasteiger partial charge in [-0.15, -0.1) is 24.8 Å². The highest BCUT2D eigenvalue weighted by Gasteiger charge is 2.10. The molecule has 0 amide bonds. The second-order valence-electron chi connectivity index (χ2n) is 5.63. The van der Waals surface area contributed by atoms with Crippen molar-refractivity contribution in [1.82, 2.24) is 0 Å². The fourth-order valence-electron chi connectivity index (χ4n) is 2.47. The largest absolute Gasteiger partial charge is 0.481 e. The number of carboxylic acids is 2. The molecule has 0 saturated carbocycles. The number of carbonyl (C=O) groups is 2. The van der Waals surface area contributed by atoms with Crippen molar-refractivity contribution in [3.63, 3.8) is 0 Å². The molecular formula is C16H32Cl2O4. The van der Waals surface area contributed by atoms with Crippen LogP contribution in [-0.4, -0.2) is 22.2 Å². The number of unbranched alkanes of at least 4 members (excludes halogenated alkanes) is 7. The lowest BCUT2D eigenvalue weighted by Gasteiger charge is -2.11. The van der Waals surface area contributed by atoms with E-state index in [0.29, 0.717) is 18.8 Å². The summed E-state index contributed by atoms with van der Waals surface area (Å²) in [5.41, 5.74) is 0. The normalized spacial score (nSPS) is 11.1. The highest BCUT2D eigenvalue weighted by atomic mass is 35.5. The Morgan fingerprint density at radius 1 is 0.773 bits per heavy atom. The van der Waals surface area contributed by atoms with E-state index in [1.807, 2.05) is 0 Å². The average Bonchev–Trinajstić information content (AvgIpc) is 2.38. The molecule has 0 aromatic rings. The van der Waals surface area contributed by atoms with Crippen LogP contribution in [0.4, 0.5) is 0 Å². The van der Waals surface area contributed by atoms with Gasteiger partial charge in [0.05, 0.1) is 0 Å². The Morgan fingerprint density at radius 3 is 1.64 bits per heavy atom. The summed E-state index contributed by atoms with van der Waals surface area (Å²) in [5.74, 6) is -1.04. The molecule has 1 atom stereocenters. The van der Waals surface area contributed by atoms with Gasteiger partial charge in [0.1, 0.15) is 0 Å². The first kappa shape index (κ1) is 26.4. The second-order valence-corrected chi connectivity index (χ2v) is 5.63. The number of hydrogen-bond donors (Lipinski definition) is 2. The summed E-state index contributed by atoms with van der Waals surface area (Å²) in [6, 6.07) is 0. The molecule has 0 heterocycles. The molecule has 0 aromatic heterocycles. The van der Waals surface area contributed by atoms with E-state index in [9.17, 15) is 9.59 Å². The molecule has 22 heavy (non-hydrogen) atoms. The molecule has 0 aromatic carbocycles. The Balaban J connectivity index is -0.00000180. The highest BCUT2D eigenvalue weighted by molar-refractivity contribution is 5.85. The number of aliphatic carboxylic acids is 2. The topological polar surface area (TPSA) is 74.6 Å². The van der Waals surface area contributed by atoms with Crippen LogP contribution in [0.15, 0.2) is 0 Å². The first-order chi connectivity index (χ1) is 9.56. The maximum absolute atomic E-state index is 10.6. The van der Waals surface area contributed by atoms with Crippen molar-refractivity contribution < 1.29 is 19.8 Å². The lowest BCUT2D eigenvalue weighted by atomic mass is 9.95. The molecule has 6 heteroatoms. The summed E-state index contributed by atoms with van der Waals surface area (Å²) in [6.45, 7) is 2.06. The van der Waals surface area contributed by atoms with Crippen LogP contribution in [0.1, 0.15) is 84.0 Å². The number of hydrogen-bond acceptors (Lipinski definition) is 2. The zero-order valence-electron chi connectivity index (χ0n) is 13.6. The first-order valence-corrected chi connectivity index (χ1v) is 7.99. The standard InChI is InChI=1S/C16H30O4.2ClH/c1-2-14(13-16(19)20)11-9-7-5-3-4-6-8-10-12-15(17)18;;/h14H,2-13H2,1H3,(H,17,18)(H,19,20);2*1H. The molecule has 0 saturated heterocycles. The molecule has 0 rings (SSSR count). The molecule has 0 aliphatic heterocycles. The Kier molecular flexibility index (Phi) is 22.3. The van der Waals surface area contributed by atoms with Crippen LogP contribution in [0.3, 0.4) is 0 Å². The van der Waals surface area contributed by atoms with Gasteiger partial charge < -0.3 is 10.2 Å². The van der Waals surface area contributed by atoms with Crippen molar-refractivity contribution in [3.05, 3.63) is 0 Å². The predicted molar refractivity (Wildman–Crippen MR) is 94.3 cm³/mol. The molecule has 0 spiro atoms. The Bertz CT molecular complexity index is 273. The summed E-state index contributed by atoms with van der Waals surface area (Å²) in [5, 5.41) is 17.3. The lowest BCUT2D eigenvalue weighted by molar-refractivity contribution is -0.138. The predicted octanol–water partition coefficient (Wildman–Crippen LogP) is 5.32. The van der Waals surface area contributed by atoms with Crippen LogP contribution in [0.25, 0.3) is 0 Å². The second kappa shape index (κ2) is 18.6. The smallest absolute Gasteiger partial charge is 0.303 e. The molecule has 0 radical (unpaired) electrons. The first-order valence-electron chi connectivity index (χ1n) is 7.99. The van der Waals surface area contributed by atoms with Gasteiger partial charge in [-0.1, -0.05) is 58.3 Å².